The van der Waals surface area contributed by atoms with Crippen molar-refractivity contribution < 1.29 is 4.79 Å². The molecule has 3 atom stereocenters. The number of hydrogen-bond donors (Lipinski definition) is 0. The quantitative estimate of drug-likeness (QED) is 0.723. The Labute approximate surface area is 122 Å². The minimum atomic E-state index is -1.33. The normalized spacial score (nSPS) is 31.0. The molecular weight excluding hydrogens is 264 g/mol. The zero-order valence-corrected chi connectivity index (χ0v) is 11.2. The third-order valence-electron chi connectivity index (χ3n) is 4.99. The van der Waals surface area contributed by atoms with Crippen LogP contribution in [-0.4, -0.2) is 22.5 Å². The predicted octanol–water partition coefficient (Wildman–Crippen LogP) is 1.77. The molecule has 0 spiro atoms. The number of nitriles is 2. The molecule has 5 nitrogen and oxygen atoms in total. The first kappa shape index (κ1) is 12.1. The Morgan fingerprint density at radius 2 is 2.05 bits per heavy atom. The molecule has 4 rings (SSSR count). The van der Waals surface area contributed by atoms with E-state index in [4.69, 9.17) is 0 Å². The number of hydrazone groups is 1. The summed E-state index contributed by atoms with van der Waals surface area (Å²) in [6.45, 7) is 0. The van der Waals surface area contributed by atoms with Crippen LogP contribution in [0.25, 0.3) is 0 Å². The Hall–Kier alpha value is -2.66. The lowest BCUT2D eigenvalue weighted by molar-refractivity contribution is -0.121. The number of Topliss-reactive ketones (excluding diaryl/α,β-unsaturated/α-hetero) is 1. The number of benzene rings is 1. The minimum Gasteiger partial charge on any atom is -0.299 e. The van der Waals surface area contributed by atoms with Gasteiger partial charge in [-0.25, -0.2) is 0 Å². The lowest BCUT2D eigenvalue weighted by atomic mass is 9.81. The number of rotatable bonds is 0. The maximum Gasteiger partial charge on any atom is 0.233 e. The van der Waals surface area contributed by atoms with Crippen molar-refractivity contribution in [1.29, 1.82) is 10.5 Å². The average Bonchev–Trinajstić information content (AvgIpc) is 3.04. The molecule has 2 aliphatic heterocycles. The molecule has 21 heavy (non-hydrogen) atoms. The molecule has 1 saturated carbocycles. The van der Waals surface area contributed by atoms with Gasteiger partial charge in [-0.15, -0.1) is 0 Å². The summed E-state index contributed by atoms with van der Waals surface area (Å²) in [5.74, 6) is -0.412. The van der Waals surface area contributed by atoms with Gasteiger partial charge in [-0.3, -0.25) is 9.80 Å². The highest BCUT2D eigenvalue weighted by Gasteiger charge is 2.65. The van der Waals surface area contributed by atoms with Crippen LogP contribution in [0.2, 0.25) is 0 Å². The van der Waals surface area contributed by atoms with Crippen molar-refractivity contribution in [2.75, 3.05) is 0 Å². The minimum absolute atomic E-state index is 0.147. The van der Waals surface area contributed by atoms with E-state index in [2.05, 4.69) is 17.2 Å². The molecule has 0 amide bonds. The van der Waals surface area contributed by atoms with Crippen LogP contribution in [-0.2, 0) is 4.79 Å². The third-order valence-corrected chi connectivity index (χ3v) is 4.99. The van der Waals surface area contributed by atoms with Crippen molar-refractivity contribution in [2.45, 2.75) is 24.4 Å². The standard InChI is InChI=1S/C16H12N4O/c17-8-16(9-18)12-5-6-13(21)14(12)15-11-4-2-1-3-10(11)7-19-20(15)16/h1-4,7,12,14-15H,5-6H2/t12-,14-,15?/m0/s1. The molecule has 1 aromatic carbocycles. The van der Waals surface area contributed by atoms with Gasteiger partial charge in [0.15, 0.2) is 0 Å². The largest absolute Gasteiger partial charge is 0.299 e. The molecule has 3 aliphatic rings. The molecule has 1 unspecified atom stereocenters. The SMILES string of the molecule is N#CC1(C#N)[C@H]2CCC(=O)[C@H]2C2c3ccccc3C=NN21. The van der Waals surface area contributed by atoms with Gasteiger partial charge in [-0.05, 0) is 17.5 Å². The highest BCUT2D eigenvalue weighted by molar-refractivity contribution is 5.88. The molecule has 1 aliphatic carbocycles. The number of nitrogens with zero attached hydrogens (tertiary/aromatic N) is 4. The monoisotopic (exact) mass is 276 g/mol. The predicted molar refractivity (Wildman–Crippen MR) is 73.8 cm³/mol. The van der Waals surface area contributed by atoms with Gasteiger partial charge in [0.2, 0.25) is 5.54 Å². The molecule has 5 heteroatoms. The van der Waals surface area contributed by atoms with E-state index < -0.39 is 5.54 Å². The van der Waals surface area contributed by atoms with Crippen molar-refractivity contribution in [3.63, 3.8) is 0 Å². The number of ketones is 1. The van der Waals surface area contributed by atoms with Crippen molar-refractivity contribution in [3.8, 4) is 12.1 Å². The second-order valence-electron chi connectivity index (χ2n) is 5.79. The smallest absolute Gasteiger partial charge is 0.233 e. The average molecular weight is 276 g/mol. The van der Waals surface area contributed by atoms with E-state index >= 15 is 0 Å². The lowest BCUT2D eigenvalue weighted by Gasteiger charge is -2.34. The van der Waals surface area contributed by atoms with E-state index in [1.54, 1.807) is 11.2 Å². The molecule has 0 N–H and O–H groups in total. The molecule has 1 aromatic rings. The van der Waals surface area contributed by atoms with E-state index in [1.165, 1.54) is 0 Å². The second kappa shape index (κ2) is 3.93. The molecule has 0 aromatic heterocycles. The topological polar surface area (TPSA) is 80.2 Å². The van der Waals surface area contributed by atoms with Gasteiger partial charge in [0, 0.05) is 12.3 Å². The summed E-state index contributed by atoms with van der Waals surface area (Å²) in [7, 11) is 0. The molecule has 2 fully saturated rings. The molecule has 102 valence electrons. The summed E-state index contributed by atoms with van der Waals surface area (Å²) in [5.41, 5.74) is 0.625. The van der Waals surface area contributed by atoms with E-state index in [9.17, 15) is 15.3 Å². The number of fused-ring (bicyclic) bond motifs is 5. The van der Waals surface area contributed by atoms with Crippen molar-refractivity contribution in [2.24, 2.45) is 16.9 Å². The van der Waals surface area contributed by atoms with Crippen LogP contribution < -0.4 is 0 Å². The van der Waals surface area contributed by atoms with Gasteiger partial charge in [-0.1, -0.05) is 24.3 Å². The van der Waals surface area contributed by atoms with Gasteiger partial charge < -0.3 is 0 Å². The first-order chi connectivity index (χ1) is 10.2. The van der Waals surface area contributed by atoms with Crippen molar-refractivity contribution >= 4 is 12.0 Å². The Bertz CT molecular complexity index is 740. The Kier molecular flexibility index (Phi) is 2.26. The maximum atomic E-state index is 12.3. The third kappa shape index (κ3) is 1.29. The highest BCUT2D eigenvalue weighted by atomic mass is 16.1. The van der Waals surface area contributed by atoms with Gasteiger partial charge in [0.1, 0.15) is 17.9 Å². The molecule has 2 heterocycles. The van der Waals surface area contributed by atoms with Crippen LogP contribution in [0.3, 0.4) is 0 Å². The van der Waals surface area contributed by atoms with Gasteiger partial charge in [0.25, 0.3) is 0 Å². The fourth-order valence-electron chi connectivity index (χ4n) is 4.08. The van der Waals surface area contributed by atoms with Crippen molar-refractivity contribution in [1.82, 2.24) is 5.01 Å². The van der Waals surface area contributed by atoms with E-state index in [0.29, 0.717) is 12.8 Å². The van der Waals surface area contributed by atoms with Crippen molar-refractivity contribution in [3.05, 3.63) is 35.4 Å². The number of carbonyl (C=O) groups excluding carboxylic acids is 1. The van der Waals surface area contributed by atoms with E-state index in [-0.39, 0.29) is 23.7 Å². The first-order valence-corrected chi connectivity index (χ1v) is 7.00. The van der Waals surface area contributed by atoms with E-state index in [0.717, 1.165) is 11.1 Å². The van der Waals surface area contributed by atoms with Crippen LogP contribution in [0.1, 0.15) is 30.0 Å². The summed E-state index contributed by atoms with van der Waals surface area (Å²) in [6, 6.07) is 11.8. The molecular formula is C16H12N4O. The van der Waals surface area contributed by atoms with Crippen LogP contribution in [0, 0.1) is 34.5 Å². The van der Waals surface area contributed by atoms with Gasteiger partial charge in [-0.2, -0.15) is 15.6 Å². The van der Waals surface area contributed by atoms with Crippen LogP contribution in [0.5, 0.6) is 0 Å². The lowest BCUT2D eigenvalue weighted by Crippen LogP contribution is -2.44. The Morgan fingerprint density at radius 1 is 1.29 bits per heavy atom. The summed E-state index contributed by atoms with van der Waals surface area (Å²) in [5, 5.41) is 25.2. The molecule has 0 bridgehead atoms. The zero-order valence-electron chi connectivity index (χ0n) is 11.2. The summed E-state index contributed by atoms with van der Waals surface area (Å²) in [4.78, 5) is 12.3. The number of hydrogen-bond acceptors (Lipinski definition) is 5. The van der Waals surface area contributed by atoms with Crippen LogP contribution >= 0.6 is 0 Å². The zero-order chi connectivity index (χ0) is 14.6. The van der Waals surface area contributed by atoms with E-state index in [1.807, 2.05) is 24.3 Å². The fourth-order valence-corrected chi connectivity index (χ4v) is 4.08. The summed E-state index contributed by atoms with van der Waals surface area (Å²) < 4.78 is 0. The Balaban J connectivity index is 1.97. The molecule has 1 saturated heterocycles. The fraction of sp³-hybridized carbons (Fsp3) is 0.375. The molecule has 0 radical (unpaired) electrons. The van der Waals surface area contributed by atoms with Gasteiger partial charge >= 0.3 is 0 Å². The summed E-state index contributed by atoms with van der Waals surface area (Å²) in [6.07, 6.45) is 2.73. The van der Waals surface area contributed by atoms with Crippen LogP contribution in [0.4, 0.5) is 0 Å². The van der Waals surface area contributed by atoms with Crippen LogP contribution in [0.15, 0.2) is 29.4 Å². The second-order valence-corrected chi connectivity index (χ2v) is 5.79. The first-order valence-electron chi connectivity index (χ1n) is 7.00. The summed E-state index contributed by atoms with van der Waals surface area (Å²) >= 11 is 0. The highest BCUT2D eigenvalue weighted by Crippen LogP contribution is 2.57. The number of carbonyl (C=O) groups is 1. The van der Waals surface area contributed by atoms with Gasteiger partial charge in [0.05, 0.1) is 18.2 Å². The Morgan fingerprint density at radius 3 is 2.81 bits per heavy atom. The maximum absolute atomic E-state index is 12.3.